The number of fused-ring (bicyclic) bond motifs is 5. The number of aryl methyl sites for hydroxylation is 1. The molecular weight excluding hydrogens is 592 g/mol. The summed E-state index contributed by atoms with van der Waals surface area (Å²) in [6, 6.07) is 14.2. The van der Waals surface area contributed by atoms with E-state index in [2.05, 4.69) is 31.9 Å². The molecule has 6 rings (SSSR count). The molecule has 3 amide bonds. The molecule has 0 spiro atoms. The smallest absolute Gasteiger partial charge is 0.316 e. The quantitative estimate of drug-likeness (QED) is 0.222. The van der Waals surface area contributed by atoms with Crippen molar-refractivity contribution in [1.82, 2.24) is 0 Å². The van der Waals surface area contributed by atoms with Crippen LogP contribution < -0.4 is 14.5 Å². The summed E-state index contributed by atoms with van der Waals surface area (Å²) in [6.07, 6.45) is 0.974. The summed E-state index contributed by atoms with van der Waals surface area (Å²) < 4.78 is 5.61. The Balaban J connectivity index is 1.17. The lowest BCUT2D eigenvalue weighted by Gasteiger charge is -2.28. The van der Waals surface area contributed by atoms with E-state index >= 15 is 0 Å². The largest absolute Gasteiger partial charge is 0.426 e. The molecule has 2 aliphatic carbocycles. The van der Waals surface area contributed by atoms with Crippen LogP contribution in [0.3, 0.4) is 0 Å². The van der Waals surface area contributed by atoms with Gasteiger partial charge in [-0.05, 0) is 61.1 Å². The van der Waals surface area contributed by atoms with Crippen LogP contribution in [0.4, 0.5) is 11.4 Å². The lowest BCUT2D eigenvalue weighted by atomic mass is 9.81. The van der Waals surface area contributed by atoms with Crippen molar-refractivity contribution in [3.8, 4) is 5.75 Å². The maximum Gasteiger partial charge on any atom is 0.316 e. The van der Waals surface area contributed by atoms with Gasteiger partial charge in [-0.3, -0.25) is 19.2 Å². The topological polar surface area (TPSA) is 84.0 Å². The highest BCUT2D eigenvalue weighted by Crippen LogP contribution is 2.60. The van der Waals surface area contributed by atoms with Gasteiger partial charge < -0.3 is 9.64 Å². The van der Waals surface area contributed by atoms with E-state index in [-0.39, 0.29) is 64.0 Å². The van der Waals surface area contributed by atoms with Crippen LogP contribution in [0.1, 0.15) is 18.4 Å². The zero-order valence-electron chi connectivity index (χ0n) is 19.5. The second kappa shape index (κ2) is 8.80. The van der Waals surface area contributed by atoms with Gasteiger partial charge in [0.05, 0.1) is 23.4 Å². The predicted molar refractivity (Wildman–Crippen MR) is 140 cm³/mol. The predicted octanol–water partition coefficient (Wildman–Crippen LogP) is 4.24. The summed E-state index contributed by atoms with van der Waals surface area (Å²) in [5.41, 5.74) is 1.96. The van der Waals surface area contributed by atoms with Crippen molar-refractivity contribution in [1.29, 1.82) is 0 Å². The molecule has 36 heavy (non-hydrogen) atoms. The molecule has 9 heteroatoms. The number of rotatable bonds is 4. The van der Waals surface area contributed by atoms with E-state index in [9.17, 15) is 19.2 Å². The second-order valence-corrected chi connectivity index (χ2v) is 12.2. The Kier molecular flexibility index (Phi) is 5.83. The number of halogens is 2. The Morgan fingerprint density at radius 3 is 2.19 bits per heavy atom. The Morgan fingerprint density at radius 2 is 1.58 bits per heavy atom. The van der Waals surface area contributed by atoms with Crippen LogP contribution in [0.25, 0.3) is 0 Å². The molecule has 0 N–H and O–H groups in total. The maximum atomic E-state index is 13.4. The number of esters is 1. The minimum atomic E-state index is -0.566. The maximum absolute atomic E-state index is 13.4. The first-order chi connectivity index (χ1) is 17.3. The van der Waals surface area contributed by atoms with E-state index in [0.29, 0.717) is 17.0 Å². The second-order valence-electron chi connectivity index (χ2n) is 10.1. The number of anilines is 2. The molecule has 0 unspecified atom stereocenters. The average molecular weight is 616 g/mol. The highest BCUT2D eigenvalue weighted by molar-refractivity contribution is 9.12. The summed E-state index contributed by atoms with van der Waals surface area (Å²) in [7, 11) is 0. The van der Waals surface area contributed by atoms with Gasteiger partial charge in [0.15, 0.2) is 0 Å². The van der Waals surface area contributed by atoms with E-state index < -0.39 is 11.9 Å². The SMILES string of the molecule is Cc1cc(OC(=O)[C@@H]2CC(=O)N(c3ccccc3)C2)ccc1N1C(=O)[C@@H]2[C@H]3C[C@@H]([C@@H](Br)[C@H]3Br)[C@H]2C1=O. The van der Waals surface area contributed by atoms with E-state index in [1.165, 1.54) is 4.90 Å². The molecule has 2 heterocycles. The zero-order valence-corrected chi connectivity index (χ0v) is 22.6. The summed E-state index contributed by atoms with van der Waals surface area (Å²) in [6.45, 7) is 2.07. The fourth-order valence-corrected chi connectivity index (χ4v) is 8.32. The molecule has 0 radical (unpaired) electrons. The van der Waals surface area contributed by atoms with Crippen molar-refractivity contribution in [2.45, 2.75) is 29.4 Å². The average Bonchev–Trinajstić information content (AvgIpc) is 3.58. The molecule has 2 aromatic rings. The van der Waals surface area contributed by atoms with Crippen molar-refractivity contribution in [3.63, 3.8) is 0 Å². The number of para-hydroxylation sites is 1. The molecule has 2 saturated carbocycles. The van der Waals surface area contributed by atoms with Crippen LogP contribution in [0.5, 0.6) is 5.75 Å². The molecule has 186 valence electrons. The lowest BCUT2D eigenvalue weighted by molar-refractivity contribution is -0.139. The number of carbonyl (C=O) groups excluding carboxylic acids is 4. The molecule has 7 nitrogen and oxygen atoms in total. The highest BCUT2D eigenvalue weighted by Gasteiger charge is 2.66. The number of hydrogen-bond donors (Lipinski definition) is 0. The van der Waals surface area contributed by atoms with Gasteiger partial charge >= 0.3 is 5.97 Å². The molecule has 0 aromatic heterocycles. The Labute approximate surface area is 225 Å². The Morgan fingerprint density at radius 1 is 0.944 bits per heavy atom. The third kappa shape index (κ3) is 3.57. The van der Waals surface area contributed by atoms with Gasteiger partial charge in [0.25, 0.3) is 0 Å². The van der Waals surface area contributed by atoms with E-state index in [4.69, 9.17) is 4.74 Å². The van der Waals surface area contributed by atoms with E-state index in [1.54, 1.807) is 30.0 Å². The molecule has 2 bridgehead atoms. The summed E-state index contributed by atoms with van der Waals surface area (Å²) >= 11 is 7.43. The summed E-state index contributed by atoms with van der Waals surface area (Å²) in [5.74, 6) is -1.38. The fourth-order valence-electron chi connectivity index (χ4n) is 6.45. The standard InChI is InChI=1S/C27H24Br2N2O5/c1-13-9-16(36-27(35)14-10-20(32)30(12-14)15-5-3-2-4-6-15)7-8-19(13)31-25(33)21-17-11-18(22(21)26(31)34)24(29)23(17)28/h2-9,14,17-18,21-24H,10-12H2,1H3/t14-,17-,18-,21-,22-,23-,24+/m1/s1. The third-order valence-electron chi connectivity index (χ3n) is 8.14. The first-order valence-corrected chi connectivity index (χ1v) is 13.9. The number of ether oxygens (including phenoxy) is 1. The van der Waals surface area contributed by atoms with Crippen molar-refractivity contribution >= 4 is 66.9 Å². The third-order valence-corrected chi connectivity index (χ3v) is 11.3. The molecule has 7 atom stereocenters. The monoisotopic (exact) mass is 614 g/mol. The van der Waals surface area contributed by atoms with Gasteiger partial charge in [-0.25, -0.2) is 4.90 Å². The van der Waals surface area contributed by atoms with Crippen molar-refractivity contribution in [2.75, 3.05) is 16.3 Å². The minimum absolute atomic E-state index is 0.0931. The molecule has 2 aliphatic heterocycles. The number of alkyl halides is 2. The first-order valence-electron chi connectivity index (χ1n) is 12.1. The van der Waals surface area contributed by atoms with Crippen LogP contribution in [0.15, 0.2) is 48.5 Å². The molecule has 2 aromatic carbocycles. The van der Waals surface area contributed by atoms with Gasteiger partial charge in [-0.2, -0.15) is 0 Å². The van der Waals surface area contributed by atoms with Crippen LogP contribution in [0, 0.1) is 36.5 Å². The van der Waals surface area contributed by atoms with Crippen LogP contribution in [0.2, 0.25) is 0 Å². The van der Waals surface area contributed by atoms with Crippen LogP contribution in [-0.2, 0) is 19.2 Å². The number of hydrogen-bond acceptors (Lipinski definition) is 5. The normalized spacial score (nSPS) is 33.0. The number of carbonyl (C=O) groups is 4. The number of imide groups is 1. The Hall–Kier alpha value is -2.52. The molecule has 2 saturated heterocycles. The van der Waals surface area contributed by atoms with Crippen LogP contribution >= 0.6 is 31.9 Å². The van der Waals surface area contributed by atoms with Gasteiger partial charge in [0.2, 0.25) is 17.7 Å². The first kappa shape index (κ1) is 23.9. The Bertz CT molecular complexity index is 1250. The van der Waals surface area contributed by atoms with E-state index in [1.807, 2.05) is 30.3 Å². The van der Waals surface area contributed by atoms with Gasteiger partial charge in [0.1, 0.15) is 5.75 Å². The van der Waals surface area contributed by atoms with Crippen molar-refractivity contribution in [3.05, 3.63) is 54.1 Å². The van der Waals surface area contributed by atoms with Gasteiger partial charge in [-0.1, -0.05) is 50.1 Å². The fraction of sp³-hybridized carbons (Fsp3) is 0.407. The number of benzene rings is 2. The van der Waals surface area contributed by atoms with Crippen molar-refractivity contribution < 1.29 is 23.9 Å². The van der Waals surface area contributed by atoms with Crippen molar-refractivity contribution in [2.24, 2.45) is 29.6 Å². The number of nitrogens with zero attached hydrogens (tertiary/aromatic N) is 2. The van der Waals surface area contributed by atoms with Gasteiger partial charge in [0, 0.05) is 28.3 Å². The molecule has 4 fully saturated rings. The van der Waals surface area contributed by atoms with E-state index in [0.717, 1.165) is 12.1 Å². The van der Waals surface area contributed by atoms with Crippen LogP contribution in [-0.4, -0.2) is 39.9 Å². The summed E-state index contributed by atoms with van der Waals surface area (Å²) in [5, 5.41) is 0. The zero-order chi connectivity index (χ0) is 25.3. The lowest BCUT2D eigenvalue weighted by Crippen LogP contribution is -2.37. The summed E-state index contributed by atoms with van der Waals surface area (Å²) in [4.78, 5) is 55.3. The molecular formula is C27H24Br2N2O5. The number of amides is 3. The highest BCUT2D eigenvalue weighted by atomic mass is 79.9. The molecule has 4 aliphatic rings. The minimum Gasteiger partial charge on any atom is -0.426 e. The van der Waals surface area contributed by atoms with Gasteiger partial charge in [-0.15, -0.1) is 0 Å².